The highest BCUT2D eigenvalue weighted by atomic mass is 79.9. The third-order valence-electron chi connectivity index (χ3n) is 3.67. The summed E-state index contributed by atoms with van der Waals surface area (Å²) in [5.41, 5.74) is 1.07. The van der Waals surface area contributed by atoms with Gasteiger partial charge in [0.1, 0.15) is 12.0 Å². The summed E-state index contributed by atoms with van der Waals surface area (Å²) in [7, 11) is -3.85. The Balaban J connectivity index is 1.78. The van der Waals surface area contributed by atoms with Crippen molar-refractivity contribution < 1.29 is 22.4 Å². The van der Waals surface area contributed by atoms with Crippen LogP contribution in [0.25, 0.3) is 0 Å². The van der Waals surface area contributed by atoms with Gasteiger partial charge in [0.25, 0.3) is 15.9 Å². The molecule has 0 radical (unpaired) electrons. The van der Waals surface area contributed by atoms with Gasteiger partial charge in [-0.15, -0.1) is 0 Å². The summed E-state index contributed by atoms with van der Waals surface area (Å²) in [4.78, 5) is 12.1. The van der Waals surface area contributed by atoms with Gasteiger partial charge >= 0.3 is 0 Å². The van der Waals surface area contributed by atoms with Crippen molar-refractivity contribution in [3.63, 3.8) is 0 Å². The molecule has 1 heterocycles. The molecule has 3 rings (SSSR count). The molecule has 2 aromatic carbocycles. The Kier molecular flexibility index (Phi) is 6.05. The number of hydrogen-bond donors (Lipinski definition) is 2. The first-order valence-electron chi connectivity index (χ1n) is 8.28. The first-order chi connectivity index (χ1) is 13.4. The van der Waals surface area contributed by atoms with Crippen molar-refractivity contribution in [1.82, 2.24) is 0 Å². The molecule has 0 saturated carbocycles. The van der Waals surface area contributed by atoms with Crippen LogP contribution in [0, 0.1) is 0 Å². The number of benzene rings is 2. The molecule has 0 aliphatic carbocycles. The largest absolute Gasteiger partial charge is 0.493 e. The van der Waals surface area contributed by atoms with Crippen molar-refractivity contribution in [3.8, 4) is 5.75 Å². The van der Waals surface area contributed by atoms with Crippen LogP contribution in [0.5, 0.6) is 5.75 Å². The highest BCUT2D eigenvalue weighted by molar-refractivity contribution is 9.10. The van der Waals surface area contributed by atoms with Crippen LogP contribution in [0.2, 0.25) is 0 Å². The van der Waals surface area contributed by atoms with Gasteiger partial charge in [0, 0.05) is 5.69 Å². The Hall–Kier alpha value is -2.78. The summed E-state index contributed by atoms with van der Waals surface area (Å²) < 4.78 is 38.8. The number of carbonyl (C=O) groups excluding carboxylic acids is 1. The van der Waals surface area contributed by atoms with E-state index in [0.29, 0.717) is 33.8 Å². The zero-order valence-electron chi connectivity index (χ0n) is 14.8. The molecule has 2 N–H and O–H groups in total. The van der Waals surface area contributed by atoms with E-state index in [4.69, 9.17) is 9.15 Å². The lowest BCUT2D eigenvalue weighted by Gasteiger charge is -2.12. The van der Waals surface area contributed by atoms with Crippen LogP contribution < -0.4 is 14.8 Å². The van der Waals surface area contributed by atoms with E-state index in [1.165, 1.54) is 30.7 Å². The van der Waals surface area contributed by atoms with Gasteiger partial charge in [-0.05, 0) is 65.3 Å². The van der Waals surface area contributed by atoms with E-state index in [0.717, 1.165) is 0 Å². The highest BCUT2D eigenvalue weighted by Gasteiger charge is 2.16. The lowest BCUT2D eigenvalue weighted by atomic mass is 10.3. The van der Waals surface area contributed by atoms with Gasteiger partial charge in [0.2, 0.25) is 0 Å². The second-order valence-corrected chi connectivity index (χ2v) is 8.21. The quantitative estimate of drug-likeness (QED) is 0.536. The lowest BCUT2D eigenvalue weighted by Crippen LogP contribution is -2.15. The minimum atomic E-state index is -3.85. The fourth-order valence-corrected chi connectivity index (χ4v) is 3.98. The predicted octanol–water partition coefficient (Wildman–Crippen LogP) is 4.49. The van der Waals surface area contributed by atoms with Crippen LogP contribution in [0.3, 0.4) is 0 Å². The summed E-state index contributed by atoms with van der Waals surface area (Å²) in [6.07, 6.45) is 2.69. The Morgan fingerprint density at radius 2 is 1.96 bits per heavy atom. The number of anilines is 2. The molecule has 0 atom stereocenters. The monoisotopic (exact) mass is 464 g/mol. The predicted molar refractivity (Wildman–Crippen MR) is 109 cm³/mol. The maximum atomic E-state index is 12.7. The molecule has 0 saturated heterocycles. The van der Waals surface area contributed by atoms with Crippen LogP contribution in [0.1, 0.15) is 17.3 Å². The number of furan rings is 1. The minimum Gasteiger partial charge on any atom is -0.493 e. The summed E-state index contributed by atoms with van der Waals surface area (Å²) in [6.45, 7) is 2.36. The lowest BCUT2D eigenvalue weighted by molar-refractivity contribution is 0.102. The van der Waals surface area contributed by atoms with Gasteiger partial charge in [-0.2, -0.15) is 0 Å². The topological polar surface area (TPSA) is 97.6 Å². The minimum absolute atomic E-state index is 0.0162. The number of halogens is 1. The smallest absolute Gasteiger partial charge is 0.261 e. The summed E-state index contributed by atoms with van der Waals surface area (Å²) in [5, 5.41) is 2.64. The second kappa shape index (κ2) is 8.49. The molecule has 0 bridgehead atoms. The van der Waals surface area contributed by atoms with E-state index in [-0.39, 0.29) is 4.90 Å². The average Bonchev–Trinajstić information content (AvgIpc) is 3.19. The number of ether oxygens (including phenoxy) is 1. The van der Waals surface area contributed by atoms with E-state index in [1.54, 1.807) is 30.3 Å². The van der Waals surface area contributed by atoms with Crippen molar-refractivity contribution in [2.24, 2.45) is 0 Å². The number of rotatable bonds is 7. The Labute approximate surface area is 170 Å². The maximum absolute atomic E-state index is 12.7. The molecular weight excluding hydrogens is 448 g/mol. The van der Waals surface area contributed by atoms with E-state index >= 15 is 0 Å². The third-order valence-corrected chi connectivity index (χ3v) is 5.67. The van der Waals surface area contributed by atoms with Gasteiger partial charge in [-0.25, -0.2) is 8.42 Å². The maximum Gasteiger partial charge on any atom is 0.261 e. The Morgan fingerprint density at radius 3 is 2.64 bits per heavy atom. The second-order valence-electron chi connectivity index (χ2n) is 5.68. The van der Waals surface area contributed by atoms with Crippen molar-refractivity contribution >= 4 is 43.2 Å². The molecule has 9 heteroatoms. The number of carbonyl (C=O) groups is 1. The fraction of sp³-hybridized carbons (Fsp3) is 0.105. The van der Waals surface area contributed by atoms with Crippen LogP contribution >= 0.6 is 15.9 Å². The van der Waals surface area contributed by atoms with Gasteiger partial charge in [-0.3, -0.25) is 9.52 Å². The zero-order chi connectivity index (χ0) is 20.1. The molecule has 146 valence electrons. The molecule has 0 unspecified atom stereocenters. The van der Waals surface area contributed by atoms with E-state index < -0.39 is 15.9 Å². The Bertz CT molecular complexity index is 1080. The molecule has 0 aliphatic heterocycles. The highest BCUT2D eigenvalue weighted by Crippen LogP contribution is 2.29. The van der Waals surface area contributed by atoms with Crippen molar-refractivity contribution in [2.45, 2.75) is 11.8 Å². The molecule has 0 fully saturated rings. The number of hydrogen-bond acceptors (Lipinski definition) is 5. The fourth-order valence-electron chi connectivity index (χ4n) is 2.39. The van der Waals surface area contributed by atoms with Crippen LogP contribution in [0.4, 0.5) is 11.4 Å². The number of sulfonamides is 1. The molecule has 7 nitrogen and oxygen atoms in total. The van der Waals surface area contributed by atoms with E-state index in [2.05, 4.69) is 26.0 Å². The molecule has 3 aromatic rings. The summed E-state index contributed by atoms with van der Waals surface area (Å²) in [6, 6.07) is 12.4. The van der Waals surface area contributed by atoms with Crippen molar-refractivity contribution in [1.29, 1.82) is 0 Å². The summed E-state index contributed by atoms with van der Waals surface area (Å²) in [5.74, 6) is 0.223. The summed E-state index contributed by atoms with van der Waals surface area (Å²) >= 11 is 3.35. The van der Waals surface area contributed by atoms with Gasteiger partial charge in [-0.1, -0.05) is 6.07 Å². The normalized spacial score (nSPS) is 11.1. The molecular formula is C19H17BrN2O5S. The van der Waals surface area contributed by atoms with Gasteiger partial charge in [0.05, 0.1) is 33.5 Å². The molecule has 1 amide bonds. The van der Waals surface area contributed by atoms with Gasteiger partial charge in [0.15, 0.2) is 0 Å². The van der Waals surface area contributed by atoms with Crippen LogP contribution in [-0.4, -0.2) is 20.9 Å². The molecule has 28 heavy (non-hydrogen) atoms. The molecule has 1 aromatic heterocycles. The van der Waals surface area contributed by atoms with E-state index in [9.17, 15) is 13.2 Å². The Morgan fingerprint density at radius 1 is 1.14 bits per heavy atom. The number of amides is 1. The average molecular weight is 465 g/mol. The van der Waals surface area contributed by atoms with E-state index in [1.807, 2.05) is 6.92 Å². The molecule has 0 aliphatic rings. The standard InChI is InChI=1S/C19H17BrN2O5S/c1-2-27-18-7-6-15(11-17(18)20)22-28(24,25)16-5-3-4-14(10-16)21-19(23)13-8-9-26-12-13/h3-12,22H,2H2,1H3,(H,21,23). The van der Waals surface area contributed by atoms with Crippen LogP contribution in [-0.2, 0) is 10.0 Å². The number of nitrogens with one attached hydrogen (secondary N) is 2. The zero-order valence-corrected chi connectivity index (χ0v) is 17.2. The first kappa shape index (κ1) is 20.0. The van der Waals surface area contributed by atoms with Crippen LogP contribution in [0.15, 0.2) is 74.8 Å². The molecule has 0 spiro atoms. The first-order valence-corrected chi connectivity index (χ1v) is 10.6. The van der Waals surface area contributed by atoms with Crippen molar-refractivity contribution in [2.75, 3.05) is 16.6 Å². The SMILES string of the molecule is CCOc1ccc(NS(=O)(=O)c2cccc(NC(=O)c3ccoc3)c2)cc1Br. The van der Waals surface area contributed by atoms with Crippen molar-refractivity contribution in [3.05, 3.63) is 71.1 Å². The van der Waals surface area contributed by atoms with Gasteiger partial charge < -0.3 is 14.5 Å². The third kappa shape index (κ3) is 4.73.